The first-order chi connectivity index (χ1) is 16.3. The molecule has 2 aromatic rings. The number of carbonyl (C=O) groups excluding carboxylic acids is 2. The third-order valence-corrected chi connectivity index (χ3v) is 8.10. The summed E-state index contributed by atoms with van der Waals surface area (Å²) in [6, 6.07) is 17.1. The highest BCUT2D eigenvalue weighted by molar-refractivity contribution is 5.82. The molecule has 2 atom stereocenters. The zero-order valence-electron chi connectivity index (χ0n) is 20.8. The quantitative estimate of drug-likeness (QED) is 0.485. The summed E-state index contributed by atoms with van der Waals surface area (Å²) >= 11 is 0. The van der Waals surface area contributed by atoms with E-state index in [1.807, 2.05) is 4.90 Å². The zero-order valence-corrected chi connectivity index (χ0v) is 20.8. The predicted molar refractivity (Wildman–Crippen MR) is 135 cm³/mol. The van der Waals surface area contributed by atoms with Gasteiger partial charge in [0.15, 0.2) is 0 Å². The van der Waals surface area contributed by atoms with Gasteiger partial charge in [-0.25, -0.2) is 4.79 Å². The van der Waals surface area contributed by atoms with Crippen LogP contribution in [0.3, 0.4) is 0 Å². The highest BCUT2D eigenvalue weighted by Gasteiger charge is 2.44. The van der Waals surface area contributed by atoms with Crippen LogP contribution in [-0.4, -0.2) is 35.5 Å². The number of carbonyl (C=O) groups is 2. The fourth-order valence-electron chi connectivity index (χ4n) is 6.31. The van der Waals surface area contributed by atoms with Gasteiger partial charge in [-0.15, -0.1) is 0 Å². The van der Waals surface area contributed by atoms with Gasteiger partial charge >= 0.3 is 6.09 Å². The fourth-order valence-corrected chi connectivity index (χ4v) is 6.31. The number of amides is 1. The monoisotopic (exact) mass is 459 g/mol. The van der Waals surface area contributed by atoms with Crippen molar-refractivity contribution in [3.63, 3.8) is 0 Å². The van der Waals surface area contributed by atoms with Crippen LogP contribution in [0.2, 0.25) is 0 Å². The number of hydrogen-bond acceptors (Lipinski definition) is 3. The summed E-state index contributed by atoms with van der Waals surface area (Å²) in [4.78, 5) is 28.3. The molecule has 0 radical (unpaired) electrons. The highest BCUT2D eigenvalue weighted by atomic mass is 16.6. The lowest BCUT2D eigenvalue weighted by Crippen LogP contribution is -2.55. The number of fused-ring (bicyclic) bond motifs is 5. The molecule has 2 heterocycles. The number of rotatable bonds is 5. The number of ether oxygens (including phenoxy) is 1. The molecule has 0 N–H and O–H groups in total. The predicted octanol–water partition coefficient (Wildman–Crippen LogP) is 6.96. The molecule has 2 fully saturated rings. The third-order valence-electron chi connectivity index (χ3n) is 8.10. The minimum absolute atomic E-state index is 0.0766. The Hall–Kier alpha value is -2.62. The second-order valence-electron chi connectivity index (χ2n) is 11.6. The Labute approximate surface area is 203 Å². The Morgan fingerprint density at radius 1 is 0.912 bits per heavy atom. The maximum absolute atomic E-state index is 13.3. The molecule has 4 nitrogen and oxygen atoms in total. The molecule has 2 bridgehead atoms. The Morgan fingerprint density at radius 2 is 1.47 bits per heavy atom. The molecule has 2 aliphatic heterocycles. The van der Waals surface area contributed by atoms with Crippen molar-refractivity contribution in [2.75, 3.05) is 6.61 Å². The van der Waals surface area contributed by atoms with E-state index in [9.17, 15) is 9.59 Å². The number of hydrogen-bond donors (Lipinski definition) is 0. The standard InChI is InChI=1S/C30H37NO3/c1-30(2,3)16-15-28(32)20-17-21-9-8-10-22(18-20)31(21)29(33)34-19-27-25-13-6-4-11-23(25)24-12-5-7-14-26(24)27/h4-7,11-14,20-22,27H,8-10,15-19H2,1-3H3. The van der Waals surface area contributed by atoms with Gasteiger partial charge < -0.3 is 9.64 Å². The molecule has 2 unspecified atom stereocenters. The average molecular weight is 460 g/mol. The molecule has 1 amide bonds. The number of ketones is 1. The molecular weight excluding hydrogens is 422 g/mol. The minimum Gasteiger partial charge on any atom is -0.448 e. The van der Waals surface area contributed by atoms with Crippen LogP contribution in [0.15, 0.2) is 48.5 Å². The van der Waals surface area contributed by atoms with Gasteiger partial charge in [0.25, 0.3) is 0 Å². The van der Waals surface area contributed by atoms with E-state index in [1.165, 1.54) is 22.3 Å². The van der Waals surface area contributed by atoms with Gasteiger partial charge in [0, 0.05) is 30.3 Å². The molecule has 1 aliphatic carbocycles. The maximum atomic E-state index is 13.3. The van der Waals surface area contributed by atoms with Crippen molar-refractivity contribution in [2.45, 2.75) is 83.7 Å². The summed E-state index contributed by atoms with van der Waals surface area (Å²) < 4.78 is 6.01. The van der Waals surface area contributed by atoms with Crippen LogP contribution in [-0.2, 0) is 9.53 Å². The van der Waals surface area contributed by atoms with Crippen molar-refractivity contribution in [1.82, 2.24) is 4.90 Å². The fraction of sp³-hybridized carbons (Fsp3) is 0.533. The average Bonchev–Trinajstić information content (AvgIpc) is 3.13. The third kappa shape index (κ3) is 4.52. The molecule has 3 aliphatic rings. The molecule has 0 spiro atoms. The summed E-state index contributed by atoms with van der Waals surface area (Å²) in [5, 5.41) is 0. The van der Waals surface area contributed by atoms with Gasteiger partial charge in [0.05, 0.1) is 0 Å². The van der Waals surface area contributed by atoms with Gasteiger partial charge in [0.2, 0.25) is 0 Å². The first kappa shape index (κ1) is 23.1. The summed E-state index contributed by atoms with van der Waals surface area (Å²) in [6.07, 6.45) is 6.05. The maximum Gasteiger partial charge on any atom is 0.410 e. The molecule has 5 rings (SSSR count). The van der Waals surface area contributed by atoms with Crippen molar-refractivity contribution in [2.24, 2.45) is 11.3 Å². The van der Waals surface area contributed by atoms with Crippen LogP contribution < -0.4 is 0 Å². The van der Waals surface area contributed by atoms with E-state index in [0.717, 1.165) is 38.5 Å². The minimum atomic E-state index is -0.197. The zero-order chi connectivity index (χ0) is 23.9. The van der Waals surface area contributed by atoms with Gasteiger partial charge in [0.1, 0.15) is 12.4 Å². The summed E-state index contributed by atoms with van der Waals surface area (Å²) in [7, 11) is 0. The molecule has 34 heavy (non-hydrogen) atoms. The first-order valence-corrected chi connectivity index (χ1v) is 13.0. The second kappa shape index (κ2) is 9.20. The molecule has 0 aromatic heterocycles. The SMILES string of the molecule is CC(C)(C)CCC(=O)C1CC2CCCC(C1)N2C(=O)OCC1c2ccccc2-c2ccccc21. The number of piperidine rings is 2. The van der Waals surface area contributed by atoms with Crippen LogP contribution in [0.25, 0.3) is 11.1 Å². The molecule has 0 saturated carbocycles. The van der Waals surface area contributed by atoms with Crippen molar-refractivity contribution in [1.29, 1.82) is 0 Å². The Balaban J connectivity index is 1.25. The van der Waals surface area contributed by atoms with E-state index >= 15 is 0 Å². The van der Waals surface area contributed by atoms with Crippen molar-refractivity contribution < 1.29 is 14.3 Å². The van der Waals surface area contributed by atoms with Crippen molar-refractivity contribution in [3.8, 4) is 11.1 Å². The van der Waals surface area contributed by atoms with E-state index in [4.69, 9.17) is 4.74 Å². The smallest absolute Gasteiger partial charge is 0.410 e. The lowest BCUT2D eigenvalue weighted by molar-refractivity contribution is -0.127. The van der Waals surface area contributed by atoms with E-state index < -0.39 is 0 Å². The van der Waals surface area contributed by atoms with Crippen molar-refractivity contribution in [3.05, 3.63) is 59.7 Å². The number of nitrogens with zero attached hydrogens (tertiary/aromatic N) is 1. The Kier molecular flexibility index (Phi) is 6.26. The lowest BCUT2D eigenvalue weighted by Gasteiger charge is -2.47. The summed E-state index contributed by atoms with van der Waals surface area (Å²) in [6.45, 7) is 6.93. The topological polar surface area (TPSA) is 46.6 Å². The second-order valence-corrected chi connectivity index (χ2v) is 11.6. The number of benzene rings is 2. The van der Waals surface area contributed by atoms with Crippen molar-refractivity contribution >= 4 is 11.9 Å². The largest absolute Gasteiger partial charge is 0.448 e. The lowest BCUT2D eigenvalue weighted by atomic mass is 9.75. The molecular formula is C30H37NO3. The van der Waals surface area contributed by atoms with Gasteiger partial charge in [-0.2, -0.15) is 0 Å². The van der Waals surface area contributed by atoms with E-state index in [-0.39, 0.29) is 35.4 Å². The molecule has 4 heteroatoms. The van der Waals surface area contributed by atoms with Crippen LogP contribution >= 0.6 is 0 Å². The van der Waals surface area contributed by atoms with E-state index in [2.05, 4.69) is 69.3 Å². The summed E-state index contributed by atoms with van der Waals surface area (Å²) in [5.41, 5.74) is 5.13. The molecule has 2 aromatic carbocycles. The van der Waals surface area contributed by atoms with E-state index in [0.29, 0.717) is 18.8 Å². The van der Waals surface area contributed by atoms with Gasteiger partial charge in [-0.1, -0.05) is 69.3 Å². The van der Waals surface area contributed by atoms with Gasteiger partial charge in [-0.05, 0) is 66.2 Å². The Morgan fingerprint density at radius 3 is 2.03 bits per heavy atom. The van der Waals surface area contributed by atoms with Crippen LogP contribution in [0.4, 0.5) is 4.79 Å². The van der Waals surface area contributed by atoms with Gasteiger partial charge in [-0.3, -0.25) is 4.79 Å². The molecule has 180 valence electrons. The summed E-state index contributed by atoms with van der Waals surface area (Å²) in [5.74, 6) is 0.557. The normalized spacial score (nSPS) is 23.9. The van der Waals surface area contributed by atoms with Crippen LogP contribution in [0, 0.1) is 11.3 Å². The number of Topliss-reactive ketones (excluding diaryl/α,β-unsaturated/α-hetero) is 1. The highest BCUT2D eigenvalue weighted by Crippen LogP contribution is 2.45. The van der Waals surface area contributed by atoms with Crippen LogP contribution in [0.5, 0.6) is 0 Å². The Bertz CT molecular complexity index is 1010. The molecule has 2 saturated heterocycles. The van der Waals surface area contributed by atoms with Crippen LogP contribution in [0.1, 0.15) is 82.8 Å². The first-order valence-electron chi connectivity index (χ1n) is 13.0. The van der Waals surface area contributed by atoms with E-state index in [1.54, 1.807) is 0 Å².